The highest BCUT2D eigenvalue weighted by atomic mass is 19.1. The Morgan fingerprint density at radius 1 is 0.897 bits per heavy atom. The van der Waals surface area contributed by atoms with Crippen molar-refractivity contribution in [1.82, 2.24) is 5.32 Å². The molecule has 2 atom stereocenters. The third-order valence-electron chi connectivity index (χ3n) is 7.11. The number of benzene rings is 4. The van der Waals surface area contributed by atoms with Gasteiger partial charge in [-0.3, -0.25) is 9.69 Å². The number of cyclic esters (lactones) is 1. The Balaban J connectivity index is 1.58. The molecule has 0 saturated carbocycles. The van der Waals surface area contributed by atoms with Gasteiger partial charge in [-0.05, 0) is 48.4 Å². The lowest BCUT2D eigenvalue weighted by Crippen LogP contribution is -2.32. The highest BCUT2D eigenvalue weighted by molar-refractivity contribution is 6.13. The van der Waals surface area contributed by atoms with Crippen molar-refractivity contribution in [2.75, 3.05) is 11.9 Å². The Hall–Kier alpha value is -4.91. The second-order valence-corrected chi connectivity index (χ2v) is 9.45. The Labute approximate surface area is 224 Å². The second-order valence-electron chi connectivity index (χ2n) is 9.45. The van der Waals surface area contributed by atoms with Crippen LogP contribution in [-0.2, 0) is 4.74 Å². The Morgan fingerprint density at radius 3 is 2.23 bits per heavy atom. The summed E-state index contributed by atoms with van der Waals surface area (Å²) in [5.41, 5.74) is 4.44. The number of anilines is 1. The minimum Gasteiger partial charge on any atom is -0.455 e. The van der Waals surface area contributed by atoms with E-state index in [0.29, 0.717) is 33.5 Å². The number of hydrogen-bond donors (Lipinski definition) is 1. The van der Waals surface area contributed by atoms with E-state index in [1.807, 2.05) is 73.7 Å². The average molecular weight is 521 g/mol. The summed E-state index contributed by atoms with van der Waals surface area (Å²) >= 11 is 0. The van der Waals surface area contributed by atoms with E-state index in [9.17, 15) is 14.0 Å². The summed E-state index contributed by atoms with van der Waals surface area (Å²) in [6.45, 7) is 1.95. The molecule has 2 amide bonds. The lowest BCUT2D eigenvalue weighted by molar-refractivity contribution is 0.0964. The fourth-order valence-corrected chi connectivity index (χ4v) is 5.21. The molecule has 0 unspecified atom stereocenters. The number of nitrogens with one attached hydrogen (secondary N) is 1. The minimum atomic E-state index is -0.468. The largest absolute Gasteiger partial charge is 0.455 e. The van der Waals surface area contributed by atoms with Gasteiger partial charge in [-0.1, -0.05) is 60.7 Å². The van der Waals surface area contributed by atoms with Gasteiger partial charge in [0.15, 0.2) is 0 Å². The van der Waals surface area contributed by atoms with Gasteiger partial charge in [-0.25, -0.2) is 9.18 Å². The summed E-state index contributed by atoms with van der Waals surface area (Å²) in [7, 11) is 1.55. The Morgan fingerprint density at radius 2 is 1.56 bits per heavy atom. The maximum absolute atomic E-state index is 13.7. The number of rotatable bonds is 5. The van der Waals surface area contributed by atoms with Crippen molar-refractivity contribution >= 4 is 28.7 Å². The van der Waals surface area contributed by atoms with Crippen LogP contribution in [0.2, 0.25) is 0 Å². The first-order valence-electron chi connectivity index (χ1n) is 12.6. The molecule has 1 N–H and O–H groups in total. The van der Waals surface area contributed by atoms with Gasteiger partial charge in [0.2, 0.25) is 0 Å². The number of hydrogen-bond acceptors (Lipinski definition) is 4. The van der Waals surface area contributed by atoms with Crippen molar-refractivity contribution < 1.29 is 23.1 Å². The van der Waals surface area contributed by atoms with E-state index in [1.54, 1.807) is 30.1 Å². The number of amides is 2. The van der Waals surface area contributed by atoms with E-state index in [-0.39, 0.29) is 17.8 Å². The fourth-order valence-electron chi connectivity index (χ4n) is 5.21. The monoisotopic (exact) mass is 520 g/mol. The Kier molecular flexibility index (Phi) is 6.11. The molecule has 7 heteroatoms. The zero-order valence-corrected chi connectivity index (χ0v) is 21.4. The molecule has 0 spiro atoms. The van der Waals surface area contributed by atoms with Crippen LogP contribution < -0.4 is 10.2 Å². The smallest absolute Gasteiger partial charge is 0.415 e. The van der Waals surface area contributed by atoms with Gasteiger partial charge in [0, 0.05) is 29.6 Å². The molecule has 6 rings (SSSR count). The van der Waals surface area contributed by atoms with Crippen LogP contribution in [0.4, 0.5) is 14.9 Å². The minimum absolute atomic E-state index is 0.315. The number of carbonyl (C=O) groups is 2. The second kappa shape index (κ2) is 9.76. The van der Waals surface area contributed by atoms with Gasteiger partial charge in [0.05, 0.1) is 17.3 Å². The molecule has 1 fully saturated rings. The molecule has 39 heavy (non-hydrogen) atoms. The predicted molar refractivity (Wildman–Crippen MR) is 148 cm³/mol. The molecule has 1 aromatic heterocycles. The number of carbonyl (C=O) groups excluding carboxylic acids is 2. The fraction of sp³-hybridized carbons (Fsp3) is 0.125. The molecule has 0 radical (unpaired) electrons. The summed E-state index contributed by atoms with van der Waals surface area (Å²) in [6, 6.07) is 28.4. The number of furan rings is 1. The molecule has 4 aromatic carbocycles. The highest BCUT2D eigenvalue weighted by Gasteiger charge is 2.42. The molecule has 5 aromatic rings. The van der Waals surface area contributed by atoms with Crippen LogP contribution in [0.25, 0.3) is 33.4 Å². The van der Waals surface area contributed by atoms with Crippen molar-refractivity contribution in [2.45, 2.75) is 19.1 Å². The number of ether oxygens (including phenoxy) is 1. The SMILES string of the molecule is CNC(=O)c1c(-c2ccc(F)cc2)oc2cc(N3C(=O)O[C@H](c4ccccc4)[C@@H]3C)c(-c3ccccc3)cc12. The van der Waals surface area contributed by atoms with E-state index in [0.717, 1.165) is 16.7 Å². The summed E-state index contributed by atoms with van der Waals surface area (Å²) in [6.07, 6.45) is -0.921. The van der Waals surface area contributed by atoms with E-state index < -0.39 is 12.2 Å². The van der Waals surface area contributed by atoms with Gasteiger partial charge in [0.25, 0.3) is 5.91 Å². The van der Waals surface area contributed by atoms with Gasteiger partial charge >= 0.3 is 6.09 Å². The third-order valence-corrected chi connectivity index (χ3v) is 7.11. The van der Waals surface area contributed by atoms with Crippen LogP contribution in [0.5, 0.6) is 0 Å². The van der Waals surface area contributed by atoms with Gasteiger partial charge in [-0.15, -0.1) is 0 Å². The third kappa shape index (κ3) is 4.22. The van der Waals surface area contributed by atoms with Crippen molar-refractivity contribution in [2.24, 2.45) is 0 Å². The molecule has 1 aliphatic rings. The van der Waals surface area contributed by atoms with Crippen molar-refractivity contribution in [1.29, 1.82) is 0 Å². The van der Waals surface area contributed by atoms with Crippen LogP contribution in [0, 0.1) is 5.82 Å². The molecule has 2 heterocycles. The van der Waals surface area contributed by atoms with E-state index in [2.05, 4.69) is 5.32 Å². The zero-order chi connectivity index (χ0) is 27.1. The van der Waals surface area contributed by atoms with Crippen molar-refractivity contribution in [3.05, 3.63) is 114 Å². The lowest BCUT2D eigenvalue weighted by Gasteiger charge is -2.24. The summed E-state index contributed by atoms with van der Waals surface area (Å²) in [5.74, 6) is -0.405. The maximum atomic E-state index is 13.7. The molecular weight excluding hydrogens is 495 g/mol. The molecule has 0 aliphatic carbocycles. The van der Waals surface area contributed by atoms with Crippen LogP contribution in [0.1, 0.15) is 28.9 Å². The lowest BCUT2D eigenvalue weighted by atomic mass is 9.96. The van der Waals surface area contributed by atoms with Crippen LogP contribution >= 0.6 is 0 Å². The van der Waals surface area contributed by atoms with Gasteiger partial charge in [-0.2, -0.15) is 0 Å². The first-order valence-corrected chi connectivity index (χ1v) is 12.6. The number of halogens is 1. The van der Waals surface area contributed by atoms with Gasteiger partial charge in [0.1, 0.15) is 23.3 Å². The molecule has 1 saturated heterocycles. The predicted octanol–water partition coefficient (Wildman–Crippen LogP) is 7.35. The Bertz CT molecular complexity index is 1680. The summed E-state index contributed by atoms with van der Waals surface area (Å²) < 4.78 is 25.8. The average Bonchev–Trinajstić information content (AvgIpc) is 3.49. The number of nitrogens with zero attached hydrogens (tertiary/aromatic N) is 1. The molecular formula is C32H25FN2O4. The van der Waals surface area contributed by atoms with Crippen molar-refractivity contribution in [3.63, 3.8) is 0 Å². The van der Waals surface area contributed by atoms with Crippen molar-refractivity contribution in [3.8, 4) is 22.5 Å². The van der Waals surface area contributed by atoms with Crippen LogP contribution in [0.3, 0.4) is 0 Å². The van der Waals surface area contributed by atoms with E-state index >= 15 is 0 Å². The highest BCUT2D eigenvalue weighted by Crippen LogP contribution is 2.44. The molecule has 1 aliphatic heterocycles. The topological polar surface area (TPSA) is 71.8 Å². The van der Waals surface area contributed by atoms with E-state index in [1.165, 1.54) is 12.1 Å². The van der Waals surface area contributed by atoms with Crippen LogP contribution in [0.15, 0.2) is 101 Å². The quantitative estimate of drug-likeness (QED) is 0.263. The van der Waals surface area contributed by atoms with Crippen LogP contribution in [-0.4, -0.2) is 25.1 Å². The zero-order valence-electron chi connectivity index (χ0n) is 21.4. The van der Waals surface area contributed by atoms with Gasteiger partial charge < -0.3 is 14.5 Å². The molecule has 6 nitrogen and oxygen atoms in total. The normalized spacial score (nSPS) is 16.9. The summed E-state index contributed by atoms with van der Waals surface area (Å²) in [4.78, 5) is 28.1. The maximum Gasteiger partial charge on any atom is 0.415 e. The standard InChI is InChI=1S/C32H25FN2O4/c1-19-29(21-11-7-4-8-12-21)39-32(37)35(19)26-18-27-25(17-24(26)20-9-5-3-6-10-20)28(31(36)34-2)30(38-27)22-13-15-23(33)16-14-22/h3-19,29H,1-2H3,(H,34,36)/t19-,29-/m0/s1. The molecule has 194 valence electrons. The summed E-state index contributed by atoms with van der Waals surface area (Å²) in [5, 5.41) is 3.27. The molecule has 0 bridgehead atoms. The van der Waals surface area contributed by atoms with E-state index in [4.69, 9.17) is 9.15 Å². The first-order chi connectivity index (χ1) is 19.0. The number of fused-ring (bicyclic) bond motifs is 1. The first kappa shape index (κ1) is 24.4.